The zero-order valence-electron chi connectivity index (χ0n) is 14.9. The van der Waals surface area contributed by atoms with Gasteiger partial charge in [-0.1, -0.05) is 30.3 Å². The molecule has 0 aromatic heterocycles. The van der Waals surface area contributed by atoms with Crippen molar-refractivity contribution < 1.29 is 18.0 Å². The van der Waals surface area contributed by atoms with Gasteiger partial charge in [0, 0.05) is 31.2 Å². The molecule has 0 saturated heterocycles. The lowest BCUT2D eigenvalue weighted by Crippen LogP contribution is -2.37. The molecule has 2 aromatic carbocycles. The van der Waals surface area contributed by atoms with Crippen molar-refractivity contribution in [1.82, 2.24) is 4.90 Å². The number of alkyl halides is 3. The Balaban J connectivity index is 1.88. The molecule has 0 fully saturated rings. The Kier molecular flexibility index (Phi) is 6.66. The molecule has 0 unspecified atom stereocenters. The molecule has 1 N–H and O–H groups in total. The van der Waals surface area contributed by atoms with Crippen molar-refractivity contribution in [3.8, 4) is 0 Å². The number of carbonyl (C=O) groups is 1. The Morgan fingerprint density at radius 3 is 2.19 bits per heavy atom. The first kappa shape index (κ1) is 19.8. The van der Waals surface area contributed by atoms with Crippen molar-refractivity contribution in [3.63, 3.8) is 0 Å². The molecule has 0 saturated carbocycles. The number of hydrogen-bond acceptors (Lipinski definition) is 2. The zero-order valence-corrected chi connectivity index (χ0v) is 14.9. The topological polar surface area (TPSA) is 32.3 Å². The van der Waals surface area contributed by atoms with Gasteiger partial charge < -0.3 is 10.2 Å². The van der Waals surface area contributed by atoms with Crippen molar-refractivity contribution in [2.75, 3.05) is 11.9 Å². The predicted molar refractivity (Wildman–Crippen MR) is 96.7 cm³/mol. The fraction of sp³-hybridized carbons (Fsp3) is 0.350. The summed E-state index contributed by atoms with van der Waals surface area (Å²) in [5, 5.41) is 3.00. The molecule has 2 aromatic rings. The van der Waals surface area contributed by atoms with Gasteiger partial charge in [0.05, 0.1) is 5.56 Å². The van der Waals surface area contributed by atoms with Crippen molar-refractivity contribution in [2.24, 2.45) is 0 Å². The van der Waals surface area contributed by atoms with Crippen LogP contribution >= 0.6 is 0 Å². The lowest BCUT2D eigenvalue weighted by atomic mass is 10.1. The van der Waals surface area contributed by atoms with Crippen LogP contribution in [0.4, 0.5) is 18.9 Å². The minimum absolute atomic E-state index is 0.00302. The van der Waals surface area contributed by atoms with E-state index in [1.54, 1.807) is 4.90 Å². The predicted octanol–water partition coefficient (Wildman–Crippen LogP) is 4.94. The molecule has 0 heterocycles. The number of hydrogen-bond donors (Lipinski definition) is 1. The summed E-state index contributed by atoms with van der Waals surface area (Å²) >= 11 is 0. The third-order valence-corrected chi connectivity index (χ3v) is 4.02. The maximum absolute atomic E-state index is 12.6. The fourth-order valence-corrected chi connectivity index (χ4v) is 2.57. The highest BCUT2D eigenvalue weighted by atomic mass is 19.4. The molecule has 6 heteroatoms. The Morgan fingerprint density at radius 1 is 1.04 bits per heavy atom. The summed E-state index contributed by atoms with van der Waals surface area (Å²) in [6.07, 6.45) is -4.07. The molecule has 3 nitrogen and oxygen atoms in total. The lowest BCUT2D eigenvalue weighted by Gasteiger charge is -2.27. The summed E-state index contributed by atoms with van der Waals surface area (Å²) in [6, 6.07) is 14.6. The van der Waals surface area contributed by atoms with Gasteiger partial charge in [0.25, 0.3) is 0 Å². The van der Waals surface area contributed by atoms with Crippen LogP contribution in [0.25, 0.3) is 0 Å². The Hall–Kier alpha value is -2.50. The first-order chi connectivity index (χ1) is 12.3. The van der Waals surface area contributed by atoms with Crippen molar-refractivity contribution in [3.05, 3.63) is 65.7 Å². The molecule has 0 aliphatic rings. The number of amides is 1. The minimum atomic E-state index is -4.34. The van der Waals surface area contributed by atoms with Gasteiger partial charge >= 0.3 is 6.18 Å². The molecule has 140 valence electrons. The van der Waals surface area contributed by atoms with Crippen LogP contribution in [0, 0.1) is 0 Å². The molecule has 0 spiro atoms. The molecule has 0 atom stereocenters. The average molecular weight is 364 g/mol. The summed E-state index contributed by atoms with van der Waals surface area (Å²) < 4.78 is 37.7. The largest absolute Gasteiger partial charge is 0.416 e. The van der Waals surface area contributed by atoms with E-state index in [1.807, 2.05) is 44.2 Å². The van der Waals surface area contributed by atoms with Crippen molar-refractivity contribution in [2.45, 2.75) is 39.0 Å². The van der Waals surface area contributed by atoms with Gasteiger partial charge in [-0.25, -0.2) is 0 Å². The average Bonchev–Trinajstić information content (AvgIpc) is 2.60. The van der Waals surface area contributed by atoms with E-state index in [2.05, 4.69) is 5.32 Å². The van der Waals surface area contributed by atoms with Gasteiger partial charge in [0.15, 0.2) is 0 Å². The van der Waals surface area contributed by atoms with Gasteiger partial charge in [0.2, 0.25) is 5.91 Å². The molecule has 1 amide bonds. The first-order valence-corrected chi connectivity index (χ1v) is 8.52. The van der Waals surface area contributed by atoms with E-state index < -0.39 is 11.7 Å². The third-order valence-electron chi connectivity index (χ3n) is 4.02. The number of nitrogens with one attached hydrogen (secondary N) is 1. The SMILES string of the molecule is CC(C)N(Cc1ccccc1)C(=O)CCNc1ccc(C(F)(F)F)cc1. The molecule has 0 radical (unpaired) electrons. The van der Waals surface area contributed by atoms with Gasteiger partial charge in [-0.3, -0.25) is 4.79 Å². The van der Waals surface area contributed by atoms with Crippen LogP contribution < -0.4 is 5.32 Å². The van der Waals surface area contributed by atoms with E-state index in [1.165, 1.54) is 12.1 Å². The highest BCUT2D eigenvalue weighted by Gasteiger charge is 2.29. The van der Waals surface area contributed by atoms with E-state index in [-0.39, 0.29) is 18.4 Å². The monoisotopic (exact) mass is 364 g/mol. The molecular weight excluding hydrogens is 341 g/mol. The molecule has 26 heavy (non-hydrogen) atoms. The summed E-state index contributed by atoms with van der Waals surface area (Å²) in [5.41, 5.74) is 0.933. The molecule has 0 bridgehead atoms. The highest BCUT2D eigenvalue weighted by molar-refractivity contribution is 5.77. The van der Waals surface area contributed by atoms with Crippen LogP contribution in [-0.4, -0.2) is 23.4 Å². The van der Waals surface area contributed by atoms with E-state index in [9.17, 15) is 18.0 Å². The molecule has 0 aliphatic heterocycles. The second-order valence-corrected chi connectivity index (χ2v) is 6.35. The van der Waals surface area contributed by atoms with Gasteiger partial charge in [-0.15, -0.1) is 0 Å². The van der Waals surface area contributed by atoms with Crippen molar-refractivity contribution >= 4 is 11.6 Å². The Morgan fingerprint density at radius 2 is 1.65 bits per heavy atom. The Labute approximate surface area is 151 Å². The third kappa shape index (κ3) is 5.79. The smallest absolute Gasteiger partial charge is 0.385 e. The van der Waals surface area contributed by atoms with Crippen LogP contribution in [0.1, 0.15) is 31.4 Å². The summed E-state index contributed by atoms with van der Waals surface area (Å²) in [5.74, 6) is 0.00302. The maximum Gasteiger partial charge on any atom is 0.416 e. The number of halogens is 3. The van der Waals surface area contributed by atoms with Crippen LogP contribution in [0.2, 0.25) is 0 Å². The molecule has 0 aliphatic carbocycles. The number of rotatable bonds is 7. The summed E-state index contributed by atoms with van der Waals surface area (Å²) in [4.78, 5) is 14.3. The van der Waals surface area contributed by atoms with E-state index in [4.69, 9.17) is 0 Å². The van der Waals surface area contributed by atoms with Crippen LogP contribution in [0.3, 0.4) is 0 Å². The second-order valence-electron chi connectivity index (χ2n) is 6.35. The van der Waals surface area contributed by atoms with Gasteiger partial charge in [0.1, 0.15) is 0 Å². The normalized spacial score (nSPS) is 11.5. The number of benzene rings is 2. The molecular formula is C20H23F3N2O. The highest BCUT2D eigenvalue weighted by Crippen LogP contribution is 2.29. The van der Waals surface area contributed by atoms with E-state index in [0.29, 0.717) is 18.8 Å². The second kappa shape index (κ2) is 8.74. The van der Waals surface area contributed by atoms with Crippen LogP contribution in [0.15, 0.2) is 54.6 Å². The standard InChI is InChI=1S/C20H23F3N2O/c1-15(2)25(14-16-6-4-3-5-7-16)19(26)12-13-24-18-10-8-17(9-11-18)20(21,22)23/h3-11,15,24H,12-14H2,1-2H3. The maximum atomic E-state index is 12.6. The molecule has 2 rings (SSSR count). The number of nitrogens with zero attached hydrogens (tertiary/aromatic N) is 1. The van der Waals surface area contributed by atoms with Crippen molar-refractivity contribution in [1.29, 1.82) is 0 Å². The Bertz CT molecular complexity index is 697. The first-order valence-electron chi connectivity index (χ1n) is 8.52. The number of carbonyl (C=O) groups excluding carboxylic acids is 1. The van der Waals surface area contributed by atoms with Crippen LogP contribution in [0.5, 0.6) is 0 Å². The minimum Gasteiger partial charge on any atom is -0.385 e. The van der Waals surface area contributed by atoms with E-state index in [0.717, 1.165) is 17.7 Å². The quantitative estimate of drug-likeness (QED) is 0.754. The fourth-order valence-electron chi connectivity index (χ4n) is 2.57. The summed E-state index contributed by atoms with van der Waals surface area (Å²) in [6.45, 7) is 4.83. The summed E-state index contributed by atoms with van der Waals surface area (Å²) in [7, 11) is 0. The number of anilines is 1. The zero-order chi connectivity index (χ0) is 19.2. The van der Waals surface area contributed by atoms with Crippen LogP contribution in [-0.2, 0) is 17.5 Å². The van der Waals surface area contributed by atoms with E-state index >= 15 is 0 Å². The lowest BCUT2D eigenvalue weighted by molar-refractivity contribution is -0.137. The van der Waals surface area contributed by atoms with Gasteiger partial charge in [-0.2, -0.15) is 13.2 Å². The van der Waals surface area contributed by atoms with Gasteiger partial charge in [-0.05, 0) is 43.7 Å².